The smallest absolute Gasteiger partial charge is 0.335 e. The van der Waals surface area contributed by atoms with E-state index in [4.69, 9.17) is 5.11 Å². The Morgan fingerprint density at radius 2 is 1.67 bits per heavy atom. The van der Waals surface area contributed by atoms with E-state index in [9.17, 15) is 14.4 Å². The van der Waals surface area contributed by atoms with Gasteiger partial charge in [-0.15, -0.1) is 0 Å². The fourth-order valence-corrected chi connectivity index (χ4v) is 5.19. The van der Waals surface area contributed by atoms with Gasteiger partial charge in [-0.1, -0.05) is 12.2 Å². The van der Waals surface area contributed by atoms with Crippen LogP contribution in [0, 0.1) is 37.5 Å². The maximum atomic E-state index is 12.8. The van der Waals surface area contributed by atoms with Crippen molar-refractivity contribution in [2.24, 2.45) is 28.8 Å². The molecule has 152 valence electrons. The van der Waals surface area contributed by atoms with Gasteiger partial charge in [0.2, 0.25) is 0 Å². The van der Waals surface area contributed by atoms with Gasteiger partial charge in [-0.25, -0.2) is 4.79 Å². The topological polar surface area (TPSA) is 92.0 Å². The lowest BCUT2D eigenvalue weighted by atomic mass is 9.85. The fraction of sp³-hybridized carbons (Fsp3) is 0.304. The second-order valence-electron chi connectivity index (χ2n) is 8.25. The molecule has 7 nitrogen and oxygen atoms in total. The summed E-state index contributed by atoms with van der Waals surface area (Å²) in [5.41, 5.74) is 3.69. The molecule has 2 aromatic rings. The number of aromatic nitrogens is 1. The van der Waals surface area contributed by atoms with Crippen LogP contribution < -0.4 is 0 Å². The molecule has 2 heterocycles. The van der Waals surface area contributed by atoms with Crippen molar-refractivity contribution in [3.05, 3.63) is 65.0 Å². The number of amides is 2. The third-order valence-corrected chi connectivity index (χ3v) is 6.60. The van der Waals surface area contributed by atoms with Crippen LogP contribution in [0.3, 0.4) is 0 Å². The molecule has 2 amide bonds. The number of carboxylic acid groups (broad SMARTS) is 1. The van der Waals surface area contributed by atoms with Crippen LogP contribution in [-0.2, 0) is 9.59 Å². The van der Waals surface area contributed by atoms with Crippen molar-refractivity contribution in [2.75, 3.05) is 0 Å². The van der Waals surface area contributed by atoms with Gasteiger partial charge in [0.05, 0.1) is 23.6 Å². The molecule has 2 aliphatic carbocycles. The van der Waals surface area contributed by atoms with Gasteiger partial charge in [0, 0.05) is 22.6 Å². The first-order valence-corrected chi connectivity index (χ1v) is 9.99. The number of carbonyl (C=O) groups excluding carboxylic acids is 2. The van der Waals surface area contributed by atoms with Crippen molar-refractivity contribution in [1.82, 2.24) is 9.58 Å². The monoisotopic (exact) mass is 403 g/mol. The average molecular weight is 403 g/mol. The molecule has 0 radical (unpaired) electrons. The van der Waals surface area contributed by atoms with E-state index in [1.165, 1.54) is 0 Å². The Labute approximate surface area is 173 Å². The number of carbonyl (C=O) groups is 3. The number of hydrogen-bond acceptors (Lipinski definition) is 4. The quantitative estimate of drug-likeness (QED) is 0.483. The minimum absolute atomic E-state index is 0.162. The SMILES string of the molecule is Cc1cc(C=NN2C(=O)[C@@H]3[C@H](C2=O)[C@H]2C=C[C@H]3C2)c(C)n1-c1ccc(C(=O)O)cc1. The molecular weight excluding hydrogens is 382 g/mol. The van der Waals surface area contributed by atoms with Gasteiger partial charge in [0.25, 0.3) is 11.8 Å². The summed E-state index contributed by atoms with van der Waals surface area (Å²) in [6.07, 6.45) is 6.59. The highest BCUT2D eigenvalue weighted by molar-refractivity contribution is 6.06. The zero-order valence-electron chi connectivity index (χ0n) is 16.6. The summed E-state index contributed by atoms with van der Waals surface area (Å²) >= 11 is 0. The molecule has 0 spiro atoms. The van der Waals surface area contributed by atoms with Gasteiger partial charge in [0.1, 0.15) is 0 Å². The van der Waals surface area contributed by atoms with Gasteiger partial charge in [-0.3, -0.25) is 9.59 Å². The molecule has 30 heavy (non-hydrogen) atoms. The van der Waals surface area contributed by atoms with Crippen LogP contribution in [0.2, 0.25) is 0 Å². The largest absolute Gasteiger partial charge is 0.478 e. The number of benzene rings is 1. The van der Waals surface area contributed by atoms with Crippen LogP contribution in [-0.4, -0.2) is 38.7 Å². The van der Waals surface area contributed by atoms with E-state index < -0.39 is 5.97 Å². The number of hydrogen-bond donors (Lipinski definition) is 1. The van der Waals surface area contributed by atoms with Gasteiger partial charge in [-0.05, 0) is 62.4 Å². The molecule has 4 atom stereocenters. The van der Waals surface area contributed by atoms with Crippen LogP contribution in [0.4, 0.5) is 0 Å². The van der Waals surface area contributed by atoms with Crippen LogP contribution >= 0.6 is 0 Å². The third kappa shape index (κ3) is 2.58. The lowest BCUT2D eigenvalue weighted by Crippen LogP contribution is -2.28. The summed E-state index contributed by atoms with van der Waals surface area (Å²) in [4.78, 5) is 36.6. The Hall–Kier alpha value is -3.48. The van der Waals surface area contributed by atoms with Crippen molar-refractivity contribution in [1.29, 1.82) is 0 Å². The third-order valence-electron chi connectivity index (χ3n) is 6.60. The van der Waals surface area contributed by atoms with E-state index >= 15 is 0 Å². The maximum Gasteiger partial charge on any atom is 0.335 e. The number of allylic oxidation sites excluding steroid dienone is 2. The lowest BCUT2D eigenvalue weighted by Gasteiger charge is -2.13. The minimum Gasteiger partial charge on any atom is -0.478 e. The summed E-state index contributed by atoms with van der Waals surface area (Å²) < 4.78 is 1.99. The molecule has 1 aromatic carbocycles. The lowest BCUT2D eigenvalue weighted by molar-refractivity contribution is -0.140. The standard InChI is InChI=1S/C23H21N3O4/c1-12-9-17(13(2)25(12)18-7-5-14(6-8-18)23(29)30)11-24-26-21(27)19-15-3-4-16(10-15)20(19)22(26)28/h3-9,11,15-16,19-20H,10H2,1-2H3,(H,29,30)/t15-,16-,19-,20+/m0/s1. The second kappa shape index (κ2) is 6.52. The van der Waals surface area contributed by atoms with E-state index in [1.807, 2.05) is 24.5 Å². The first-order chi connectivity index (χ1) is 14.4. The predicted octanol–water partition coefficient (Wildman–Crippen LogP) is 2.93. The van der Waals surface area contributed by atoms with Gasteiger partial charge >= 0.3 is 5.97 Å². The highest BCUT2D eigenvalue weighted by atomic mass is 16.4. The summed E-state index contributed by atoms with van der Waals surface area (Å²) in [6, 6.07) is 8.56. The van der Waals surface area contributed by atoms with Crippen molar-refractivity contribution >= 4 is 24.0 Å². The first kappa shape index (κ1) is 18.5. The van der Waals surface area contributed by atoms with Crippen LogP contribution in [0.25, 0.3) is 5.69 Å². The fourth-order valence-electron chi connectivity index (χ4n) is 5.19. The molecule has 3 aliphatic rings. The Bertz CT molecular complexity index is 1110. The van der Waals surface area contributed by atoms with E-state index in [-0.39, 0.29) is 41.0 Å². The summed E-state index contributed by atoms with van der Waals surface area (Å²) in [7, 11) is 0. The molecular formula is C23H21N3O4. The molecule has 1 N–H and O–H groups in total. The van der Waals surface area contributed by atoms with Gasteiger partial charge < -0.3 is 9.67 Å². The van der Waals surface area contributed by atoms with E-state index in [1.54, 1.807) is 30.5 Å². The van der Waals surface area contributed by atoms with Crippen molar-refractivity contribution in [2.45, 2.75) is 20.3 Å². The van der Waals surface area contributed by atoms with Gasteiger partial charge in [0.15, 0.2) is 0 Å². The zero-order valence-corrected chi connectivity index (χ0v) is 16.6. The molecule has 2 bridgehead atoms. The predicted molar refractivity (Wildman–Crippen MR) is 109 cm³/mol. The number of nitrogens with zero attached hydrogens (tertiary/aromatic N) is 3. The number of aryl methyl sites for hydroxylation is 1. The normalized spacial score (nSPS) is 26.9. The molecule has 1 aliphatic heterocycles. The van der Waals surface area contributed by atoms with Crippen molar-refractivity contribution in [3.8, 4) is 5.69 Å². The molecule has 1 saturated carbocycles. The van der Waals surface area contributed by atoms with Gasteiger partial charge in [-0.2, -0.15) is 10.1 Å². The van der Waals surface area contributed by atoms with Crippen LogP contribution in [0.5, 0.6) is 0 Å². The van der Waals surface area contributed by atoms with Crippen molar-refractivity contribution < 1.29 is 19.5 Å². The highest BCUT2D eigenvalue weighted by Gasteiger charge is 2.59. The molecule has 5 rings (SSSR count). The average Bonchev–Trinajstić information content (AvgIpc) is 3.45. The summed E-state index contributed by atoms with van der Waals surface area (Å²) in [5, 5.41) is 14.4. The number of carboxylic acids is 1. The first-order valence-electron chi connectivity index (χ1n) is 9.99. The number of fused-ring (bicyclic) bond motifs is 5. The number of imide groups is 1. The van der Waals surface area contributed by atoms with E-state index in [0.29, 0.717) is 0 Å². The Morgan fingerprint density at radius 3 is 2.23 bits per heavy atom. The Balaban J connectivity index is 1.42. The van der Waals surface area contributed by atoms with Crippen LogP contribution in [0.1, 0.15) is 33.7 Å². The Morgan fingerprint density at radius 1 is 1.07 bits per heavy atom. The summed E-state index contributed by atoms with van der Waals surface area (Å²) in [6.45, 7) is 3.86. The van der Waals surface area contributed by atoms with Crippen molar-refractivity contribution in [3.63, 3.8) is 0 Å². The maximum absolute atomic E-state index is 12.8. The van der Waals surface area contributed by atoms with E-state index in [0.717, 1.165) is 34.1 Å². The Kier molecular flexibility index (Phi) is 4.03. The second-order valence-corrected chi connectivity index (χ2v) is 8.25. The summed E-state index contributed by atoms with van der Waals surface area (Å²) in [5.74, 6) is -1.56. The highest BCUT2D eigenvalue weighted by Crippen LogP contribution is 2.52. The number of hydrazone groups is 1. The number of rotatable bonds is 4. The molecule has 0 unspecified atom stereocenters. The van der Waals surface area contributed by atoms with Crippen LogP contribution in [0.15, 0.2) is 47.6 Å². The van der Waals surface area contributed by atoms with E-state index in [2.05, 4.69) is 17.3 Å². The molecule has 2 fully saturated rings. The molecule has 7 heteroatoms. The minimum atomic E-state index is -0.969. The molecule has 1 aromatic heterocycles. The number of aromatic carboxylic acids is 1. The molecule has 1 saturated heterocycles. The zero-order chi connectivity index (χ0) is 21.2.